The molecule has 0 saturated carbocycles. The molecule has 136 valence electrons. The SMILES string of the molecule is C[C@@H](NS(=O)(=O)c1ccc2c(c1)CCC(=O)N2)C(=O)N1CCCCC1. The number of sulfonamides is 1. The van der Waals surface area contributed by atoms with Crippen molar-refractivity contribution < 1.29 is 18.0 Å². The van der Waals surface area contributed by atoms with E-state index in [4.69, 9.17) is 0 Å². The maximum absolute atomic E-state index is 12.6. The van der Waals surface area contributed by atoms with Crippen molar-refractivity contribution >= 4 is 27.5 Å². The lowest BCUT2D eigenvalue weighted by atomic mass is 10.0. The van der Waals surface area contributed by atoms with Crippen LogP contribution in [0.4, 0.5) is 5.69 Å². The van der Waals surface area contributed by atoms with Crippen molar-refractivity contribution in [3.63, 3.8) is 0 Å². The average molecular weight is 365 g/mol. The Bertz CT molecular complexity index is 785. The molecular weight excluding hydrogens is 342 g/mol. The Labute approximate surface area is 147 Å². The van der Waals surface area contributed by atoms with E-state index in [1.54, 1.807) is 24.0 Å². The van der Waals surface area contributed by atoms with Crippen LogP contribution in [0.3, 0.4) is 0 Å². The van der Waals surface area contributed by atoms with Gasteiger partial charge in [0.05, 0.1) is 10.9 Å². The standard InChI is InChI=1S/C17H23N3O4S/c1-12(17(22)20-9-3-2-4-10-20)19-25(23,24)14-6-7-15-13(11-14)5-8-16(21)18-15/h6-7,11-12,19H,2-5,8-10H2,1H3,(H,18,21)/t12-/m1/s1. The number of piperidine rings is 1. The second kappa shape index (κ2) is 7.13. The van der Waals surface area contributed by atoms with Crippen molar-refractivity contribution in [1.29, 1.82) is 0 Å². The molecule has 0 radical (unpaired) electrons. The van der Waals surface area contributed by atoms with Gasteiger partial charge in [0.1, 0.15) is 0 Å². The minimum absolute atomic E-state index is 0.0676. The molecule has 1 aromatic carbocycles. The van der Waals surface area contributed by atoms with E-state index in [1.807, 2.05) is 0 Å². The van der Waals surface area contributed by atoms with E-state index >= 15 is 0 Å². The number of rotatable bonds is 4. The fourth-order valence-corrected chi connectivity index (χ4v) is 4.51. The number of hydrogen-bond acceptors (Lipinski definition) is 4. The summed E-state index contributed by atoms with van der Waals surface area (Å²) in [5.41, 5.74) is 1.44. The molecule has 0 aromatic heterocycles. The smallest absolute Gasteiger partial charge is 0.241 e. The maximum Gasteiger partial charge on any atom is 0.241 e. The predicted octanol–water partition coefficient (Wildman–Crippen LogP) is 1.25. The normalized spacial score (nSPS) is 19.1. The fourth-order valence-electron chi connectivity index (χ4n) is 3.27. The summed E-state index contributed by atoms with van der Waals surface area (Å²) in [4.78, 5) is 25.7. The van der Waals surface area contributed by atoms with Gasteiger partial charge in [-0.05, 0) is 56.4 Å². The zero-order valence-corrected chi connectivity index (χ0v) is 15.1. The second-order valence-corrected chi connectivity index (χ2v) is 8.31. The Balaban J connectivity index is 1.73. The highest BCUT2D eigenvalue weighted by Crippen LogP contribution is 2.25. The topological polar surface area (TPSA) is 95.6 Å². The number of carbonyl (C=O) groups is 2. The maximum atomic E-state index is 12.6. The lowest BCUT2D eigenvalue weighted by molar-refractivity contribution is -0.133. The Hall–Kier alpha value is -1.93. The van der Waals surface area contributed by atoms with Crippen LogP contribution >= 0.6 is 0 Å². The van der Waals surface area contributed by atoms with Crippen LogP contribution in [0.25, 0.3) is 0 Å². The number of benzene rings is 1. The van der Waals surface area contributed by atoms with Crippen molar-refractivity contribution in [2.45, 2.75) is 50.0 Å². The first-order chi connectivity index (χ1) is 11.9. The molecule has 7 nitrogen and oxygen atoms in total. The highest BCUT2D eigenvalue weighted by molar-refractivity contribution is 7.89. The minimum atomic E-state index is -3.80. The van der Waals surface area contributed by atoms with Gasteiger partial charge in [0.15, 0.2) is 0 Å². The number of carbonyl (C=O) groups excluding carboxylic acids is 2. The minimum Gasteiger partial charge on any atom is -0.341 e. The number of nitrogens with one attached hydrogen (secondary N) is 2. The quantitative estimate of drug-likeness (QED) is 0.839. The molecule has 3 rings (SSSR count). The molecule has 0 unspecified atom stereocenters. The van der Waals surface area contributed by atoms with Crippen LogP contribution in [0.2, 0.25) is 0 Å². The highest BCUT2D eigenvalue weighted by atomic mass is 32.2. The Morgan fingerprint density at radius 2 is 1.92 bits per heavy atom. The average Bonchev–Trinajstić information content (AvgIpc) is 2.60. The lowest BCUT2D eigenvalue weighted by Gasteiger charge is -2.29. The van der Waals surface area contributed by atoms with Crippen molar-refractivity contribution in [2.24, 2.45) is 0 Å². The molecule has 1 aromatic rings. The van der Waals surface area contributed by atoms with E-state index in [0.29, 0.717) is 31.6 Å². The summed E-state index contributed by atoms with van der Waals surface area (Å²) in [5.74, 6) is -0.254. The van der Waals surface area contributed by atoms with Crippen LogP contribution in [0.1, 0.15) is 38.2 Å². The number of hydrogen-bond donors (Lipinski definition) is 2. The molecule has 2 N–H and O–H groups in total. The van der Waals surface area contributed by atoms with Crippen LogP contribution in [0, 0.1) is 0 Å². The number of fused-ring (bicyclic) bond motifs is 1. The summed E-state index contributed by atoms with van der Waals surface area (Å²) in [5, 5.41) is 2.73. The number of likely N-dealkylation sites (tertiary alicyclic amines) is 1. The summed E-state index contributed by atoms with van der Waals surface area (Å²) in [7, 11) is -3.80. The summed E-state index contributed by atoms with van der Waals surface area (Å²) in [6.45, 7) is 2.94. The van der Waals surface area contributed by atoms with Gasteiger partial charge in [-0.2, -0.15) is 4.72 Å². The number of amides is 2. The van der Waals surface area contributed by atoms with Crippen molar-refractivity contribution in [3.05, 3.63) is 23.8 Å². The van der Waals surface area contributed by atoms with Gasteiger partial charge < -0.3 is 10.2 Å². The zero-order valence-electron chi connectivity index (χ0n) is 14.2. The zero-order chi connectivity index (χ0) is 18.0. The molecule has 1 atom stereocenters. The molecule has 0 spiro atoms. The van der Waals surface area contributed by atoms with Gasteiger partial charge in [-0.15, -0.1) is 0 Å². The van der Waals surface area contributed by atoms with Crippen molar-refractivity contribution in [2.75, 3.05) is 18.4 Å². The summed E-state index contributed by atoms with van der Waals surface area (Å²) >= 11 is 0. The molecule has 1 saturated heterocycles. The molecule has 0 aliphatic carbocycles. The molecular formula is C17H23N3O4S. The number of anilines is 1. The Kier molecular flexibility index (Phi) is 5.10. The Morgan fingerprint density at radius 3 is 2.64 bits per heavy atom. The molecule has 8 heteroatoms. The van der Waals surface area contributed by atoms with E-state index in [1.165, 1.54) is 6.07 Å². The molecule has 2 heterocycles. The molecule has 2 aliphatic rings. The second-order valence-electron chi connectivity index (χ2n) is 6.60. The van der Waals surface area contributed by atoms with Crippen molar-refractivity contribution in [3.8, 4) is 0 Å². The summed E-state index contributed by atoms with van der Waals surface area (Å²) in [6, 6.07) is 3.80. The third kappa shape index (κ3) is 4.01. The lowest BCUT2D eigenvalue weighted by Crippen LogP contribution is -2.48. The molecule has 0 bridgehead atoms. The molecule has 2 amide bonds. The molecule has 1 fully saturated rings. The van der Waals surface area contributed by atoms with Gasteiger partial charge in [0.25, 0.3) is 0 Å². The van der Waals surface area contributed by atoms with Crippen LogP contribution in [0.15, 0.2) is 23.1 Å². The first kappa shape index (κ1) is 17.9. The van der Waals surface area contributed by atoms with E-state index in [9.17, 15) is 18.0 Å². The summed E-state index contributed by atoms with van der Waals surface area (Å²) in [6.07, 6.45) is 3.87. The van der Waals surface area contributed by atoms with Gasteiger partial charge in [0.2, 0.25) is 21.8 Å². The largest absolute Gasteiger partial charge is 0.341 e. The van der Waals surface area contributed by atoms with Gasteiger partial charge in [-0.3, -0.25) is 9.59 Å². The first-order valence-corrected chi connectivity index (χ1v) is 10.1. The van der Waals surface area contributed by atoms with E-state index in [2.05, 4.69) is 10.0 Å². The highest BCUT2D eigenvalue weighted by Gasteiger charge is 2.27. The fraction of sp³-hybridized carbons (Fsp3) is 0.529. The Morgan fingerprint density at radius 1 is 1.20 bits per heavy atom. The van der Waals surface area contributed by atoms with Crippen LogP contribution in [0.5, 0.6) is 0 Å². The number of nitrogens with zero attached hydrogens (tertiary/aromatic N) is 1. The molecule has 25 heavy (non-hydrogen) atoms. The third-order valence-electron chi connectivity index (χ3n) is 4.65. The summed E-state index contributed by atoms with van der Waals surface area (Å²) < 4.78 is 27.7. The number of aryl methyl sites for hydroxylation is 1. The van der Waals surface area contributed by atoms with Crippen LogP contribution in [-0.2, 0) is 26.0 Å². The van der Waals surface area contributed by atoms with E-state index < -0.39 is 16.1 Å². The van der Waals surface area contributed by atoms with Gasteiger partial charge in [0, 0.05) is 25.2 Å². The predicted molar refractivity (Wildman–Crippen MR) is 93.6 cm³/mol. The first-order valence-electron chi connectivity index (χ1n) is 8.61. The monoisotopic (exact) mass is 365 g/mol. The van der Waals surface area contributed by atoms with E-state index in [0.717, 1.165) is 24.8 Å². The third-order valence-corrected chi connectivity index (χ3v) is 6.19. The van der Waals surface area contributed by atoms with Gasteiger partial charge in [-0.25, -0.2) is 8.42 Å². The van der Waals surface area contributed by atoms with Gasteiger partial charge >= 0.3 is 0 Å². The van der Waals surface area contributed by atoms with Gasteiger partial charge in [-0.1, -0.05) is 0 Å². The van der Waals surface area contributed by atoms with Crippen molar-refractivity contribution in [1.82, 2.24) is 9.62 Å². The molecule has 2 aliphatic heterocycles. The van der Waals surface area contributed by atoms with Crippen LogP contribution < -0.4 is 10.0 Å². The van der Waals surface area contributed by atoms with Crippen LogP contribution in [-0.4, -0.2) is 44.3 Å². The van der Waals surface area contributed by atoms with E-state index in [-0.39, 0.29) is 16.7 Å².